The maximum Gasteiger partial charge on any atom is 0.191 e. The average molecular weight is 303 g/mol. The van der Waals surface area contributed by atoms with Crippen LogP contribution in [0.15, 0.2) is 29.3 Å². The van der Waals surface area contributed by atoms with Crippen molar-refractivity contribution in [3.63, 3.8) is 0 Å². The van der Waals surface area contributed by atoms with Gasteiger partial charge >= 0.3 is 0 Å². The quantitative estimate of drug-likeness (QED) is 0.557. The molecule has 0 unspecified atom stereocenters. The Kier molecular flexibility index (Phi) is 6.10. The highest BCUT2D eigenvalue weighted by atomic mass is 16.3. The fourth-order valence-electron chi connectivity index (χ4n) is 3.17. The van der Waals surface area contributed by atoms with Crippen molar-refractivity contribution < 1.29 is 5.11 Å². The molecule has 4 heteroatoms. The molecule has 2 rings (SSSR count). The molecule has 1 aliphatic carbocycles. The van der Waals surface area contributed by atoms with Crippen molar-refractivity contribution in [3.05, 3.63) is 29.8 Å². The summed E-state index contributed by atoms with van der Waals surface area (Å²) in [5, 5.41) is 16.2. The van der Waals surface area contributed by atoms with Crippen LogP contribution < -0.4 is 10.6 Å². The Morgan fingerprint density at radius 1 is 1.14 bits per heavy atom. The number of aliphatic imine (C=N–C) groups is 1. The molecular weight excluding hydrogens is 274 g/mol. The molecule has 1 saturated carbocycles. The van der Waals surface area contributed by atoms with E-state index in [0.717, 1.165) is 24.6 Å². The predicted octanol–water partition coefficient (Wildman–Crippen LogP) is 3.42. The SMILES string of the molecule is CCNC(=NCc1ccc(O)cc1)NCC1(CC)CCCC1. The number of aromatic hydroxyl groups is 1. The molecule has 1 aromatic carbocycles. The van der Waals surface area contributed by atoms with E-state index in [1.165, 1.54) is 32.1 Å². The van der Waals surface area contributed by atoms with Crippen LogP contribution in [-0.4, -0.2) is 24.2 Å². The third kappa shape index (κ3) is 4.65. The van der Waals surface area contributed by atoms with Gasteiger partial charge in [-0.05, 0) is 49.3 Å². The standard InChI is InChI=1S/C18H29N3O/c1-3-18(11-5-6-12-18)14-21-17(19-4-2)20-13-15-7-9-16(22)10-8-15/h7-10,22H,3-6,11-14H2,1-2H3,(H2,19,20,21). The Labute approximate surface area is 134 Å². The summed E-state index contributed by atoms with van der Waals surface area (Å²) in [6, 6.07) is 7.23. The lowest BCUT2D eigenvalue weighted by Crippen LogP contribution is -2.42. The minimum Gasteiger partial charge on any atom is -0.508 e. The summed E-state index contributed by atoms with van der Waals surface area (Å²) >= 11 is 0. The maximum absolute atomic E-state index is 9.32. The lowest BCUT2D eigenvalue weighted by Gasteiger charge is -2.28. The molecule has 1 aromatic rings. The molecule has 0 aromatic heterocycles. The predicted molar refractivity (Wildman–Crippen MR) is 92.1 cm³/mol. The van der Waals surface area contributed by atoms with E-state index in [4.69, 9.17) is 0 Å². The Bertz CT molecular complexity index is 476. The van der Waals surface area contributed by atoms with Gasteiger partial charge in [0.15, 0.2) is 5.96 Å². The third-order valence-corrected chi connectivity index (χ3v) is 4.75. The van der Waals surface area contributed by atoms with Crippen LogP contribution >= 0.6 is 0 Å². The zero-order chi connectivity index (χ0) is 15.8. The number of hydrogen-bond donors (Lipinski definition) is 3. The smallest absolute Gasteiger partial charge is 0.191 e. The molecule has 0 amide bonds. The van der Waals surface area contributed by atoms with Crippen LogP contribution in [0.2, 0.25) is 0 Å². The van der Waals surface area contributed by atoms with E-state index in [-0.39, 0.29) is 0 Å². The molecule has 0 atom stereocenters. The number of phenols is 1. The number of benzene rings is 1. The van der Waals surface area contributed by atoms with E-state index in [2.05, 4.69) is 29.5 Å². The van der Waals surface area contributed by atoms with Crippen molar-refractivity contribution in [2.24, 2.45) is 10.4 Å². The molecule has 0 aliphatic heterocycles. The van der Waals surface area contributed by atoms with E-state index in [9.17, 15) is 5.11 Å². The Balaban J connectivity index is 1.93. The highest BCUT2D eigenvalue weighted by molar-refractivity contribution is 5.79. The molecule has 22 heavy (non-hydrogen) atoms. The fraction of sp³-hybridized carbons (Fsp3) is 0.611. The van der Waals surface area contributed by atoms with Crippen LogP contribution in [0.1, 0.15) is 51.5 Å². The van der Waals surface area contributed by atoms with Gasteiger partial charge in [0, 0.05) is 13.1 Å². The van der Waals surface area contributed by atoms with Crippen molar-refractivity contribution in [2.45, 2.75) is 52.5 Å². The topological polar surface area (TPSA) is 56.7 Å². The zero-order valence-corrected chi connectivity index (χ0v) is 13.9. The molecule has 1 aliphatic rings. The van der Waals surface area contributed by atoms with Crippen molar-refractivity contribution >= 4 is 5.96 Å². The van der Waals surface area contributed by atoms with Crippen LogP contribution in [0.5, 0.6) is 5.75 Å². The van der Waals surface area contributed by atoms with Crippen molar-refractivity contribution in [1.82, 2.24) is 10.6 Å². The summed E-state index contributed by atoms with van der Waals surface area (Å²) in [5.41, 5.74) is 1.55. The number of phenolic OH excluding ortho intramolecular Hbond substituents is 1. The number of guanidine groups is 1. The Morgan fingerprint density at radius 2 is 1.82 bits per heavy atom. The Morgan fingerprint density at radius 3 is 2.41 bits per heavy atom. The average Bonchev–Trinajstić information content (AvgIpc) is 3.01. The van der Waals surface area contributed by atoms with Gasteiger partial charge in [-0.25, -0.2) is 4.99 Å². The van der Waals surface area contributed by atoms with Crippen molar-refractivity contribution in [3.8, 4) is 5.75 Å². The van der Waals surface area contributed by atoms with Crippen LogP contribution in [0.25, 0.3) is 0 Å². The number of hydrogen-bond acceptors (Lipinski definition) is 2. The summed E-state index contributed by atoms with van der Waals surface area (Å²) in [7, 11) is 0. The van der Waals surface area contributed by atoms with E-state index < -0.39 is 0 Å². The first-order chi connectivity index (χ1) is 10.7. The summed E-state index contributed by atoms with van der Waals surface area (Å²) in [6.07, 6.45) is 6.60. The number of nitrogens with one attached hydrogen (secondary N) is 2. The molecule has 0 heterocycles. The lowest BCUT2D eigenvalue weighted by molar-refractivity contribution is 0.283. The van der Waals surface area contributed by atoms with E-state index in [0.29, 0.717) is 17.7 Å². The van der Waals surface area contributed by atoms with Crippen LogP contribution in [-0.2, 0) is 6.54 Å². The maximum atomic E-state index is 9.32. The largest absolute Gasteiger partial charge is 0.508 e. The van der Waals surface area contributed by atoms with E-state index >= 15 is 0 Å². The van der Waals surface area contributed by atoms with Gasteiger partial charge in [-0.1, -0.05) is 31.9 Å². The monoisotopic (exact) mass is 303 g/mol. The molecule has 0 spiro atoms. The third-order valence-electron chi connectivity index (χ3n) is 4.75. The Hall–Kier alpha value is -1.71. The molecule has 0 radical (unpaired) electrons. The van der Waals surface area contributed by atoms with E-state index in [1.807, 2.05) is 12.1 Å². The second-order valence-corrected chi connectivity index (χ2v) is 6.28. The van der Waals surface area contributed by atoms with Crippen LogP contribution in [0, 0.1) is 5.41 Å². The number of nitrogens with zero attached hydrogens (tertiary/aromatic N) is 1. The number of rotatable bonds is 6. The van der Waals surface area contributed by atoms with Gasteiger partial charge in [-0.2, -0.15) is 0 Å². The summed E-state index contributed by atoms with van der Waals surface area (Å²) in [6.45, 7) is 6.87. The molecule has 1 fully saturated rings. The first-order valence-corrected chi connectivity index (χ1v) is 8.47. The summed E-state index contributed by atoms with van der Waals surface area (Å²) in [4.78, 5) is 4.65. The first kappa shape index (κ1) is 16.7. The van der Waals surface area contributed by atoms with Gasteiger partial charge < -0.3 is 15.7 Å². The van der Waals surface area contributed by atoms with Gasteiger partial charge in [0.05, 0.1) is 6.54 Å². The van der Waals surface area contributed by atoms with Gasteiger partial charge in [0.25, 0.3) is 0 Å². The molecule has 0 bridgehead atoms. The highest BCUT2D eigenvalue weighted by Gasteiger charge is 2.31. The fourth-order valence-corrected chi connectivity index (χ4v) is 3.17. The second-order valence-electron chi connectivity index (χ2n) is 6.28. The molecule has 0 saturated heterocycles. The van der Waals surface area contributed by atoms with E-state index in [1.54, 1.807) is 12.1 Å². The van der Waals surface area contributed by atoms with Crippen molar-refractivity contribution in [1.29, 1.82) is 0 Å². The van der Waals surface area contributed by atoms with Crippen LogP contribution in [0.3, 0.4) is 0 Å². The van der Waals surface area contributed by atoms with Crippen molar-refractivity contribution in [2.75, 3.05) is 13.1 Å². The molecule has 122 valence electrons. The zero-order valence-electron chi connectivity index (χ0n) is 13.9. The molecule has 3 N–H and O–H groups in total. The van der Waals surface area contributed by atoms with Crippen LogP contribution in [0.4, 0.5) is 0 Å². The van der Waals surface area contributed by atoms with Gasteiger partial charge in [0.2, 0.25) is 0 Å². The second kappa shape index (κ2) is 8.06. The highest BCUT2D eigenvalue weighted by Crippen LogP contribution is 2.40. The van der Waals surface area contributed by atoms with Gasteiger partial charge in [-0.3, -0.25) is 0 Å². The first-order valence-electron chi connectivity index (χ1n) is 8.47. The van der Waals surface area contributed by atoms with Gasteiger partial charge in [0.1, 0.15) is 5.75 Å². The minimum atomic E-state index is 0.295. The minimum absolute atomic E-state index is 0.295. The molecule has 4 nitrogen and oxygen atoms in total. The summed E-state index contributed by atoms with van der Waals surface area (Å²) in [5.74, 6) is 1.18. The lowest BCUT2D eigenvalue weighted by atomic mass is 9.83. The summed E-state index contributed by atoms with van der Waals surface area (Å²) < 4.78 is 0. The normalized spacial score (nSPS) is 17.5. The van der Waals surface area contributed by atoms with Gasteiger partial charge in [-0.15, -0.1) is 0 Å². The molecular formula is C18H29N3O.